The van der Waals surface area contributed by atoms with Crippen molar-refractivity contribution in [2.75, 3.05) is 12.0 Å². The van der Waals surface area contributed by atoms with E-state index in [-0.39, 0.29) is 6.42 Å². The quantitative estimate of drug-likeness (QED) is 0.795. The Morgan fingerprint density at radius 2 is 1.94 bits per heavy atom. The van der Waals surface area contributed by atoms with Crippen molar-refractivity contribution in [1.82, 2.24) is 0 Å². The molecule has 0 saturated carbocycles. The molecular formula is C13H22NO2S+. The van der Waals surface area contributed by atoms with Gasteiger partial charge in [-0.1, -0.05) is 19.4 Å². The molecule has 1 rings (SSSR count). The minimum absolute atomic E-state index is 0.279. The Bertz CT molecular complexity index is 291. The van der Waals surface area contributed by atoms with Gasteiger partial charge in [-0.3, -0.25) is 4.79 Å². The fraction of sp³-hybridized carbons (Fsp3) is 0.538. The highest BCUT2D eigenvalue weighted by molar-refractivity contribution is 7.98. The lowest BCUT2D eigenvalue weighted by Crippen LogP contribution is -2.31. The first-order valence-electron chi connectivity index (χ1n) is 5.85. The highest BCUT2D eigenvalue weighted by Gasteiger charge is 1.93. The Balaban J connectivity index is 0.000000325. The molecule has 0 spiro atoms. The van der Waals surface area contributed by atoms with E-state index in [0.717, 1.165) is 12.3 Å². The van der Waals surface area contributed by atoms with E-state index in [0.29, 0.717) is 0 Å². The van der Waals surface area contributed by atoms with Gasteiger partial charge >= 0.3 is 5.97 Å². The third-order valence-electron chi connectivity index (χ3n) is 2.07. The predicted octanol–water partition coefficient (Wildman–Crippen LogP) is 2.60. The average Bonchev–Trinajstić information content (AvgIpc) is 2.36. The summed E-state index contributed by atoms with van der Waals surface area (Å²) in [7, 11) is 0. The molecule has 3 nitrogen and oxygen atoms in total. The molecule has 0 radical (unpaired) electrons. The first kappa shape index (κ1) is 16.0. The van der Waals surface area contributed by atoms with Crippen LogP contribution in [0.4, 0.5) is 0 Å². The Hall–Kier alpha value is -1.03. The number of aromatic nitrogens is 1. The van der Waals surface area contributed by atoms with Gasteiger partial charge in [0.15, 0.2) is 12.4 Å². The summed E-state index contributed by atoms with van der Waals surface area (Å²) in [5.41, 5.74) is 0. The lowest BCUT2D eigenvalue weighted by molar-refractivity contribution is -0.697. The van der Waals surface area contributed by atoms with Crippen LogP contribution < -0.4 is 4.57 Å². The number of unbranched alkanes of at least 4 members (excludes halogenated alkanes) is 1. The smallest absolute Gasteiger partial charge is 0.304 e. The summed E-state index contributed by atoms with van der Waals surface area (Å²) < 4.78 is 2.21. The fourth-order valence-corrected chi connectivity index (χ4v) is 1.49. The van der Waals surface area contributed by atoms with Gasteiger partial charge in [0.1, 0.15) is 6.54 Å². The molecule has 4 heteroatoms. The van der Waals surface area contributed by atoms with Gasteiger partial charge in [-0.15, -0.1) is 0 Å². The molecule has 0 aliphatic heterocycles. The van der Waals surface area contributed by atoms with Gasteiger partial charge in [-0.2, -0.15) is 11.8 Å². The number of aliphatic carboxylic acids is 1. The van der Waals surface area contributed by atoms with Crippen molar-refractivity contribution in [3.63, 3.8) is 0 Å². The summed E-state index contributed by atoms with van der Waals surface area (Å²) in [6.45, 7) is 3.36. The average molecular weight is 256 g/mol. The molecule has 17 heavy (non-hydrogen) atoms. The number of hydrogen-bond donors (Lipinski definition) is 1. The molecule has 0 bridgehead atoms. The summed E-state index contributed by atoms with van der Waals surface area (Å²) in [5, 5.41) is 8.03. The number of rotatable bonds is 6. The van der Waals surface area contributed by atoms with E-state index in [2.05, 4.69) is 36.0 Å². The molecule has 1 N–H and O–H groups in total. The number of pyridine rings is 1. The standard InChI is InChI=1S/C9H14N.C4H8O2S/c1-2-3-7-10-8-5-4-6-9-10;1-7-3-2-4(5)6/h4-6,8-9H,2-3,7H2,1H3;2-3H2,1H3,(H,5,6)/q+1;. The molecule has 1 heterocycles. The maximum atomic E-state index is 9.74. The molecule has 0 aliphatic carbocycles. The monoisotopic (exact) mass is 256 g/mol. The number of hydrogen-bond acceptors (Lipinski definition) is 2. The largest absolute Gasteiger partial charge is 0.481 e. The van der Waals surface area contributed by atoms with Crippen LogP contribution in [0, 0.1) is 0 Å². The topological polar surface area (TPSA) is 41.2 Å². The summed E-state index contributed by atoms with van der Waals surface area (Å²) in [6, 6.07) is 6.17. The van der Waals surface area contributed by atoms with Crippen LogP contribution in [0.5, 0.6) is 0 Å². The number of nitrogens with zero attached hydrogens (tertiary/aromatic N) is 1. The van der Waals surface area contributed by atoms with Crippen molar-refractivity contribution in [3.05, 3.63) is 30.6 Å². The number of carboxylic acid groups (broad SMARTS) is 1. The van der Waals surface area contributed by atoms with Gasteiger partial charge in [0.05, 0.1) is 6.42 Å². The minimum Gasteiger partial charge on any atom is -0.481 e. The molecule has 96 valence electrons. The zero-order valence-corrected chi connectivity index (χ0v) is 11.4. The summed E-state index contributed by atoms with van der Waals surface area (Å²) in [5.74, 6) is 0.00403. The van der Waals surface area contributed by atoms with Crippen LogP contribution in [0.15, 0.2) is 30.6 Å². The van der Waals surface area contributed by atoms with E-state index in [1.165, 1.54) is 12.8 Å². The van der Waals surface area contributed by atoms with Crippen molar-refractivity contribution in [1.29, 1.82) is 0 Å². The van der Waals surface area contributed by atoms with Crippen LogP contribution in [-0.2, 0) is 11.3 Å². The predicted molar refractivity (Wildman–Crippen MR) is 72.2 cm³/mol. The van der Waals surface area contributed by atoms with Crippen molar-refractivity contribution >= 4 is 17.7 Å². The van der Waals surface area contributed by atoms with E-state index < -0.39 is 5.97 Å². The molecule has 0 saturated heterocycles. The Morgan fingerprint density at radius 3 is 2.35 bits per heavy atom. The SMILES string of the molecule is CCCC[n+]1ccccc1.CSCCC(=O)O. The van der Waals surface area contributed by atoms with E-state index in [4.69, 9.17) is 5.11 Å². The van der Waals surface area contributed by atoms with E-state index in [1.54, 1.807) is 11.8 Å². The maximum absolute atomic E-state index is 9.74. The van der Waals surface area contributed by atoms with Gasteiger partial charge in [-0.05, 0) is 6.26 Å². The fourth-order valence-electron chi connectivity index (χ4n) is 1.11. The summed E-state index contributed by atoms with van der Waals surface area (Å²) in [6.07, 6.45) is 8.92. The van der Waals surface area contributed by atoms with E-state index in [9.17, 15) is 4.79 Å². The highest BCUT2D eigenvalue weighted by atomic mass is 32.2. The van der Waals surface area contributed by atoms with Crippen LogP contribution in [0.2, 0.25) is 0 Å². The molecule has 0 atom stereocenters. The number of aryl methyl sites for hydroxylation is 1. The van der Waals surface area contributed by atoms with Crippen molar-refractivity contribution in [3.8, 4) is 0 Å². The summed E-state index contributed by atoms with van der Waals surface area (Å²) >= 11 is 1.55. The molecule has 0 aliphatic rings. The lowest BCUT2D eigenvalue weighted by atomic mass is 10.3. The Morgan fingerprint density at radius 1 is 1.29 bits per heavy atom. The van der Waals surface area contributed by atoms with Crippen LogP contribution in [0.1, 0.15) is 26.2 Å². The molecule has 1 aromatic rings. The van der Waals surface area contributed by atoms with Gasteiger partial charge in [0.2, 0.25) is 0 Å². The lowest BCUT2D eigenvalue weighted by Gasteiger charge is -1.91. The van der Waals surface area contributed by atoms with Crippen molar-refractivity contribution in [2.45, 2.75) is 32.7 Å². The highest BCUT2D eigenvalue weighted by Crippen LogP contribution is 1.93. The van der Waals surface area contributed by atoms with Crippen molar-refractivity contribution < 1.29 is 14.5 Å². The molecular weight excluding hydrogens is 234 g/mol. The van der Waals surface area contributed by atoms with Crippen LogP contribution in [0.25, 0.3) is 0 Å². The van der Waals surface area contributed by atoms with Gasteiger partial charge in [-0.25, -0.2) is 4.57 Å². The second kappa shape index (κ2) is 11.5. The first-order chi connectivity index (χ1) is 8.20. The minimum atomic E-state index is -0.714. The Kier molecular flexibility index (Phi) is 10.8. The molecule has 0 amide bonds. The zero-order valence-electron chi connectivity index (χ0n) is 10.6. The molecule has 1 aromatic heterocycles. The second-order valence-electron chi connectivity index (χ2n) is 3.60. The second-order valence-corrected chi connectivity index (χ2v) is 4.59. The maximum Gasteiger partial charge on any atom is 0.304 e. The van der Waals surface area contributed by atoms with E-state index in [1.807, 2.05) is 12.3 Å². The zero-order chi connectivity index (χ0) is 12.9. The normalized spacial score (nSPS) is 9.29. The van der Waals surface area contributed by atoms with Gasteiger partial charge in [0.25, 0.3) is 0 Å². The third-order valence-corrected chi connectivity index (χ3v) is 2.68. The first-order valence-corrected chi connectivity index (χ1v) is 7.25. The summed E-state index contributed by atoms with van der Waals surface area (Å²) in [4.78, 5) is 9.74. The van der Waals surface area contributed by atoms with Crippen molar-refractivity contribution in [2.24, 2.45) is 0 Å². The van der Waals surface area contributed by atoms with Crippen LogP contribution in [0.3, 0.4) is 0 Å². The van der Waals surface area contributed by atoms with Crippen LogP contribution >= 0.6 is 11.8 Å². The molecule has 0 aromatic carbocycles. The Labute approximate surface area is 108 Å². The third kappa shape index (κ3) is 11.2. The molecule has 0 fully saturated rings. The number of thioether (sulfide) groups is 1. The molecule has 0 unspecified atom stereocenters. The van der Waals surface area contributed by atoms with Gasteiger partial charge in [0, 0.05) is 24.3 Å². The van der Waals surface area contributed by atoms with Crippen LogP contribution in [-0.4, -0.2) is 23.1 Å². The van der Waals surface area contributed by atoms with Gasteiger partial charge < -0.3 is 5.11 Å². The van der Waals surface area contributed by atoms with E-state index >= 15 is 0 Å². The number of carbonyl (C=O) groups is 1. The number of carboxylic acids is 1.